The summed E-state index contributed by atoms with van der Waals surface area (Å²) in [6.45, 7) is 7.75. The monoisotopic (exact) mass is 170 g/mol. The first-order valence-electron chi connectivity index (χ1n) is 4.28. The third-order valence-electron chi connectivity index (χ3n) is 2.39. The summed E-state index contributed by atoms with van der Waals surface area (Å²) in [6.07, 6.45) is 2.57. The van der Waals surface area contributed by atoms with Crippen LogP contribution in [0, 0.1) is 5.21 Å². The highest BCUT2D eigenvalue weighted by Gasteiger charge is 2.39. The van der Waals surface area contributed by atoms with Crippen molar-refractivity contribution in [3.05, 3.63) is 17.0 Å². The van der Waals surface area contributed by atoms with Gasteiger partial charge in [-0.25, -0.2) is 0 Å². The fourth-order valence-electron chi connectivity index (χ4n) is 2.04. The van der Waals surface area contributed by atoms with E-state index < -0.39 is 0 Å². The first-order chi connectivity index (χ1) is 5.26. The quantitative estimate of drug-likeness (QED) is 0.509. The van der Waals surface area contributed by atoms with Crippen molar-refractivity contribution in [3.8, 4) is 0 Å². The average Bonchev–Trinajstić information content (AvgIpc) is 1.80. The van der Waals surface area contributed by atoms with Crippen LogP contribution in [0.15, 0.2) is 11.8 Å². The molecule has 1 aliphatic heterocycles. The van der Waals surface area contributed by atoms with Crippen LogP contribution in [0.4, 0.5) is 0 Å². The van der Waals surface area contributed by atoms with E-state index in [-0.39, 0.29) is 16.1 Å². The molecular weight excluding hydrogens is 152 g/mol. The highest BCUT2D eigenvalue weighted by Crippen LogP contribution is 2.19. The topological polar surface area (TPSA) is 53.5 Å². The van der Waals surface area contributed by atoms with Crippen LogP contribution in [0.1, 0.15) is 34.1 Å². The third-order valence-corrected chi connectivity index (χ3v) is 2.39. The molecule has 3 N–H and O–H groups in total. The van der Waals surface area contributed by atoms with Crippen LogP contribution in [0.5, 0.6) is 0 Å². The van der Waals surface area contributed by atoms with E-state index in [1.165, 1.54) is 0 Å². The molecule has 0 fully saturated rings. The zero-order valence-corrected chi connectivity index (χ0v) is 8.27. The zero-order chi connectivity index (χ0) is 9.57. The molecule has 0 radical (unpaired) electrons. The van der Waals surface area contributed by atoms with Gasteiger partial charge in [0.25, 0.3) is 0 Å². The average molecular weight is 170 g/mol. The van der Waals surface area contributed by atoms with E-state index in [4.69, 9.17) is 5.73 Å². The largest absolute Gasteiger partial charge is 0.633 e. The van der Waals surface area contributed by atoms with Gasteiger partial charge in [0, 0.05) is 12.1 Å². The van der Waals surface area contributed by atoms with E-state index in [9.17, 15) is 5.21 Å². The van der Waals surface area contributed by atoms with Gasteiger partial charge in [-0.05, 0) is 33.8 Å². The van der Waals surface area contributed by atoms with Gasteiger partial charge in [-0.15, -0.1) is 0 Å². The zero-order valence-electron chi connectivity index (χ0n) is 8.27. The minimum atomic E-state index is -0.383. The standard InChI is InChI=1S/C9H18N2O/c1-8(2)5-7(10)6-9(3,4)11(8)12/h5,11H,6,10H2,1-4H3. The molecule has 0 saturated carbocycles. The van der Waals surface area contributed by atoms with E-state index in [1.54, 1.807) is 0 Å². The second-order valence-electron chi connectivity index (χ2n) is 4.83. The lowest BCUT2D eigenvalue weighted by molar-refractivity contribution is -0.943. The maximum Gasteiger partial charge on any atom is 0.113 e. The number of rotatable bonds is 0. The SMILES string of the molecule is CC1(C)C=C(N)CC(C)(C)[NH+]1[O-]. The van der Waals surface area contributed by atoms with Gasteiger partial charge in [-0.2, -0.15) is 0 Å². The van der Waals surface area contributed by atoms with Crippen molar-refractivity contribution in [3.63, 3.8) is 0 Å². The first kappa shape index (κ1) is 9.55. The summed E-state index contributed by atoms with van der Waals surface area (Å²) < 4.78 is 0. The van der Waals surface area contributed by atoms with Crippen molar-refractivity contribution < 1.29 is 5.06 Å². The number of nitrogens with two attached hydrogens (primary N) is 1. The summed E-state index contributed by atoms with van der Waals surface area (Å²) in [6, 6.07) is 0. The van der Waals surface area contributed by atoms with Crippen LogP contribution in [-0.4, -0.2) is 11.1 Å². The maximum atomic E-state index is 11.8. The van der Waals surface area contributed by atoms with Gasteiger partial charge < -0.3 is 16.0 Å². The van der Waals surface area contributed by atoms with Crippen molar-refractivity contribution in [1.29, 1.82) is 0 Å². The Morgan fingerprint density at radius 1 is 1.42 bits per heavy atom. The Labute approximate surface area is 73.8 Å². The molecule has 0 spiro atoms. The number of nitrogens with one attached hydrogen (secondary N) is 1. The third kappa shape index (κ3) is 1.47. The van der Waals surface area contributed by atoms with E-state index in [0.29, 0.717) is 6.42 Å². The number of quaternary nitrogens is 1. The summed E-state index contributed by atoms with van der Waals surface area (Å²) in [4.78, 5) is 0. The minimum absolute atomic E-state index is 0.282. The van der Waals surface area contributed by atoms with Crippen LogP contribution < -0.4 is 10.8 Å². The number of hydrogen-bond donors (Lipinski definition) is 2. The van der Waals surface area contributed by atoms with Crippen molar-refractivity contribution in [2.75, 3.05) is 0 Å². The van der Waals surface area contributed by atoms with E-state index >= 15 is 0 Å². The van der Waals surface area contributed by atoms with Crippen LogP contribution in [0.25, 0.3) is 0 Å². The first-order valence-corrected chi connectivity index (χ1v) is 4.28. The van der Waals surface area contributed by atoms with E-state index in [2.05, 4.69) is 0 Å². The van der Waals surface area contributed by atoms with Crippen LogP contribution in [-0.2, 0) is 0 Å². The minimum Gasteiger partial charge on any atom is -0.633 e. The van der Waals surface area contributed by atoms with E-state index in [1.807, 2.05) is 33.8 Å². The Balaban J connectivity index is 3.02. The van der Waals surface area contributed by atoms with Gasteiger partial charge in [0.05, 0.1) is 5.54 Å². The van der Waals surface area contributed by atoms with Crippen molar-refractivity contribution in [2.24, 2.45) is 5.73 Å². The summed E-state index contributed by atoms with van der Waals surface area (Å²) in [7, 11) is 0. The normalized spacial score (nSPS) is 32.8. The Kier molecular flexibility index (Phi) is 1.97. The fourth-order valence-corrected chi connectivity index (χ4v) is 2.04. The molecule has 1 unspecified atom stereocenters. The summed E-state index contributed by atoms with van der Waals surface area (Å²) in [5.74, 6) is 0. The predicted molar refractivity (Wildman–Crippen MR) is 49.4 cm³/mol. The van der Waals surface area contributed by atoms with Gasteiger partial charge in [-0.3, -0.25) is 0 Å². The smallest absolute Gasteiger partial charge is 0.113 e. The molecule has 3 heteroatoms. The highest BCUT2D eigenvalue weighted by molar-refractivity contribution is 5.11. The Morgan fingerprint density at radius 2 is 1.92 bits per heavy atom. The molecular formula is C9H18N2O. The van der Waals surface area contributed by atoms with Gasteiger partial charge in [0.2, 0.25) is 0 Å². The van der Waals surface area contributed by atoms with Gasteiger partial charge >= 0.3 is 0 Å². The van der Waals surface area contributed by atoms with Crippen molar-refractivity contribution in [2.45, 2.75) is 45.2 Å². The molecule has 0 saturated heterocycles. The van der Waals surface area contributed by atoms with Crippen LogP contribution in [0.2, 0.25) is 0 Å². The molecule has 1 heterocycles. The van der Waals surface area contributed by atoms with Crippen LogP contribution >= 0.6 is 0 Å². The lowest BCUT2D eigenvalue weighted by Crippen LogP contribution is -3.22. The lowest BCUT2D eigenvalue weighted by atomic mass is 9.86. The predicted octanol–water partition coefficient (Wildman–Crippen LogP) is 0.173. The summed E-state index contributed by atoms with van der Waals surface area (Å²) >= 11 is 0. The maximum absolute atomic E-state index is 11.8. The van der Waals surface area contributed by atoms with Crippen molar-refractivity contribution in [1.82, 2.24) is 0 Å². The van der Waals surface area contributed by atoms with E-state index in [0.717, 1.165) is 5.70 Å². The summed E-state index contributed by atoms with van der Waals surface area (Å²) in [5, 5.41) is 12.1. The molecule has 0 aromatic heterocycles. The molecule has 0 aromatic rings. The lowest BCUT2D eigenvalue weighted by Gasteiger charge is -2.50. The van der Waals surface area contributed by atoms with Gasteiger partial charge in [-0.1, -0.05) is 0 Å². The van der Waals surface area contributed by atoms with Gasteiger partial charge in [0.1, 0.15) is 5.54 Å². The molecule has 12 heavy (non-hydrogen) atoms. The van der Waals surface area contributed by atoms with Crippen LogP contribution in [0.3, 0.4) is 0 Å². The molecule has 3 nitrogen and oxygen atoms in total. The Hall–Kier alpha value is -0.540. The summed E-state index contributed by atoms with van der Waals surface area (Å²) in [5.41, 5.74) is 5.92. The Morgan fingerprint density at radius 3 is 2.33 bits per heavy atom. The van der Waals surface area contributed by atoms with Crippen molar-refractivity contribution >= 4 is 0 Å². The fraction of sp³-hybridized carbons (Fsp3) is 0.778. The highest BCUT2D eigenvalue weighted by atomic mass is 16.5. The second-order valence-corrected chi connectivity index (χ2v) is 4.83. The molecule has 0 aromatic carbocycles. The van der Waals surface area contributed by atoms with Gasteiger partial charge in [0.15, 0.2) is 0 Å². The molecule has 0 amide bonds. The molecule has 0 aliphatic carbocycles. The molecule has 1 rings (SSSR count). The molecule has 1 atom stereocenters. The molecule has 70 valence electrons. The number of hydroxylamine groups is 2. The number of hydrogen-bond acceptors (Lipinski definition) is 2. The Bertz CT molecular complexity index is 219. The second kappa shape index (κ2) is 2.47. The molecule has 1 aliphatic rings. The molecule has 0 bridgehead atoms.